The molecule has 1 amide bonds. The minimum Gasteiger partial charge on any atom is -0.497 e. The summed E-state index contributed by atoms with van der Waals surface area (Å²) in [4.78, 5) is 13.0. The van der Waals surface area contributed by atoms with Gasteiger partial charge < -0.3 is 10.1 Å². The van der Waals surface area contributed by atoms with Gasteiger partial charge in [-0.05, 0) is 48.7 Å². The van der Waals surface area contributed by atoms with Crippen molar-refractivity contribution in [2.45, 2.75) is 17.9 Å². The zero-order chi connectivity index (χ0) is 19.2. The van der Waals surface area contributed by atoms with E-state index in [1.807, 2.05) is 12.1 Å². The van der Waals surface area contributed by atoms with Crippen LogP contribution in [0.5, 0.6) is 5.75 Å². The van der Waals surface area contributed by atoms with Crippen LogP contribution in [0.4, 0.5) is 11.4 Å². The monoisotopic (exact) mass is 382 g/mol. The van der Waals surface area contributed by atoms with Gasteiger partial charge in [0.1, 0.15) is 11.8 Å². The second kappa shape index (κ2) is 6.28. The third-order valence-corrected chi connectivity index (χ3v) is 6.63. The molecule has 0 bridgehead atoms. The van der Waals surface area contributed by atoms with Crippen molar-refractivity contribution in [3.8, 4) is 5.75 Å². The Kier molecular flexibility index (Phi) is 4.04. The maximum Gasteiger partial charge on any atom is 0.265 e. The van der Waals surface area contributed by atoms with Gasteiger partial charge in [-0.15, -0.1) is 0 Å². The van der Waals surface area contributed by atoms with Gasteiger partial charge in [0.05, 0.1) is 17.7 Å². The number of nitrogens with zero attached hydrogens (tertiary/aromatic N) is 1. The molecule has 0 fully saturated rings. The highest BCUT2D eigenvalue weighted by molar-refractivity contribution is 7.93. The summed E-state index contributed by atoms with van der Waals surface area (Å²) in [6.45, 7) is 1.58. The van der Waals surface area contributed by atoms with E-state index in [-0.39, 0.29) is 4.90 Å². The van der Waals surface area contributed by atoms with Gasteiger partial charge in [0.2, 0.25) is 5.91 Å². The standard InChI is InChI=1S/C20H18N2O4S/c1-13(20(23)21-15-9-11-16(26-2)12-10-15)22-17-7-3-5-14-6-4-8-18(19(14)17)27(22,24)25/h3-13H,1-2H3,(H,21,23)/t13-/m1/s1. The average molecular weight is 382 g/mol. The summed E-state index contributed by atoms with van der Waals surface area (Å²) in [7, 11) is -2.23. The Balaban J connectivity index is 1.68. The number of benzene rings is 3. The number of sulfonamides is 1. The molecule has 1 heterocycles. The van der Waals surface area contributed by atoms with Crippen LogP contribution in [-0.4, -0.2) is 27.5 Å². The van der Waals surface area contributed by atoms with Crippen molar-refractivity contribution in [2.75, 3.05) is 16.7 Å². The Hall–Kier alpha value is -3.06. The van der Waals surface area contributed by atoms with E-state index in [4.69, 9.17) is 4.74 Å². The van der Waals surface area contributed by atoms with Crippen molar-refractivity contribution >= 4 is 38.1 Å². The lowest BCUT2D eigenvalue weighted by atomic mass is 10.1. The molecule has 6 nitrogen and oxygen atoms in total. The third kappa shape index (κ3) is 2.71. The van der Waals surface area contributed by atoms with Crippen molar-refractivity contribution in [3.63, 3.8) is 0 Å². The van der Waals surface area contributed by atoms with E-state index in [0.29, 0.717) is 22.5 Å². The number of carbonyl (C=O) groups is 1. The van der Waals surface area contributed by atoms with Crippen LogP contribution in [-0.2, 0) is 14.8 Å². The summed E-state index contributed by atoms with van der Waals surface area (Å²) in [5.41, 5.74) is 1.10. The van der Waals surface area contributed by atoms with Crippen molar-refractivity contribution < 1.29 is 17.9 Å². The van der Waals surface area contributed by atoms with Gasteiger partial charge in [0.25, 0.3) is 10.0 Å². The molecule has 7 heteroatoms. The first-order chi connectivity index (χ1) is 12.9. The number of carbonyl (C=O) groups excluding carboxylic acids is 1. The topological polar surface area (TPSA) is 75.7 Å². The molecule has 0 radical (unpaired) electrons. The number of anilines is 2. The Labute approximate surface area is 157 Å². The van der Waals surface area contributed by atoms with Gasteiger partial charge in [-0.2, -0.15) is 0 Å². The number of hydrogen-bond donors (Lipinski definition) is 1. The molecule has 0 saturated heterocycles. The number of nitrogens with one attached hydrogen (secondary N) is 1. The lowest BCUT2D eigenvalue weighted by Gasteiger charge is -2.25. The lowest BCUT2D eigenvalue weighted by molar-refractivity contribution is -0.116. The summed E-state index contributed by atoms with van der Waals surface area (Å²) < 4.78 is 32.4. The zero-order valence-electron chi connectivity index (χ0n) is 14.8. The highest BCUT2D eigenvalue weighted by Crippen LogP contribution is 2.43. The normalized spacial score (nSPS) is 15.6. The summed E-state index contributed by atoms with van der Waals surface area (Å²) in [6.07, 6.45) is 0. The van der Waals surface area contributed by atoms with Gasteiger partial charge >= 0.3 is 0 Å². The fourth-order valence-corrected chi connectivity index (χ4v) is 5.23. The van der Waals surface area contributed by atoms with Gasteiger partial charge in [0.15, 0.2) is 0 Å². The van der Waals surface area contributed by atoms with Crippen molar-refractivity contribution in [2.24, 2.45) is 0 Å². The molecule has 1 N–H and O–H groups in total. The predicted molar refractivity (Wildman–Crippen MR) is 105 cm³/mol. The van der Waals surface area contributed by atoms with E-state index >= 15 is 0 Å². The Morgan fingerprint density at radius 2 is 1.70 bits per heavy atom. The maximum atomic E-state index is 13.1. The van der Waals surface area contributed by atoms with Gasteiger partial charge in [-0.1, -0.05) is 24.3 Å². The van der Waals surface area contributed by atoms with Gasteiger partial charge in [-0.25, -0.2) is 8.42 Å². The first-order valence-electron chi connectivity index (χ1n) is 8.44. The van der Waals surface area contributed by atoms with Crippen molar-refractivity contribution in [1.82, 2.24) is 0 Å². The van der Waals surface area contributed by atoms with Crippen LogP contribution in [0.3, 0.4) is 0 Å². The molecule has 0 spiro atoms. The van der Waals surface area contributed by atoms with Crippen LogP contribution in [0.1, 0.15) is 6.92 Å². The first-order valence-corrected chi connectivity index (χ1v) is 9.88. The molecule has 1 aliphatic heterocycles. The quantitative estimate of drug-likeness (QED) is 0.751. The molecular formula is C20H18N2O4S. The summed E-state index contributed by atoms with van der Waals surface area (Å²) in [5, 5.41) is 4.25. The minimum atomic E-state index is -3.79. The largest absolute Gasteiger partial charge is 0.497 e. The molecule has 3 aromatic rings. The third-order valence-electron chi connectivity index (χ3n) is 4.71. The van der Waals surface area contributed by atoms with Crippen LogP contribution < -0.4 is 14.4 Å². The number of hydrogen-bond acceptors (Lipinski definition) is 4. The molecule has 4 rings (SSSR count). The second-order valence-electron chi connectivity index (χ2n) is 6.33. The number of rotatable bonds is 4. The lowest BCUT2D eigenvalue weighted by Crippen LogP contribution is -2.43. The van der Waals surface area contributed by atoms with E-state index in [2.05, 4.69) is 5.32 Å². The summed E-state index contributed by atoms with van der Waals surface area (Å²) in [6, 6.07) is 16.5. The first kappa shape index (κ1) is 17.4. The Morgan fingerprint density at radius 3 is 2.37 bits per heavy atom. The highest BCUT2D eigenvalue weighted by Gasteiger charge is 2.40. The molecular weight excluding hydrogens is 364 g/mol. The van der Waals surface area contributed by atoms with Crippen LogP contribution >= 0.6 is 0 Å². The van der Waals surface area contributed by atoms with Crippen LogP contribution in [0.2, 0.25) is 0 Å². The van der Waals surface area contributed by atoms with Crippen LogP contribution in [0, 0.1) is 0 Å². The summed E-state index contributed by atoms with van der Waals surface area (Å²) in [5.74, 6) is 0.263. The van der Waals surface area contributed by atoms with Gasteiger partial charge in [-0.3, -0.25) is 9.10 Å². The summed E-state index contributed by atoms with van der Waals surface area (Å²) >= 11 is 0. The smallest absolute Gasteiger partial charge is 0.265 e. The van der Waals surface area contributed by atoms with E-state index in [9.17, 15) is 13.2 Å². The molecule has 138 valence electrons. The zero-order valence-corrected chi connectivity index (χ0v) is 15.7. The Morgan fingerprint density at radius 1 is 1.04 bits per heavy atom. The number of methoxy groups -OCH3 is 1. The van der Waals surface area contributed by atoms with Crippen LogP contribution in [0.15, 0.2) is 65.6 Å². The molecule has 0 aliphatic carbocycles. The molecule has 1 atom stereocenters. The van der Waals surface area contributed by atoms with E-state index in [0.717, 1.165) is 5.39 Å². The van der Waals surface area contributed by atoms with Crippen LogP contribution in [0.25, 0.3) is 10.8 Å². The SMILES string of the molecule is COc1ccc(NC(=O)[C@@H](C)N2c3cccc4cccc(c34)S2(=O)=O)cc1. The second-order valence-corrected chi connectivity index (χ2v) is 8.11. The number of ether oxygens (including phenoxy) is 1. The fraction of sp³-hybridized carbons (Fsp3) is 0.150. The minimum absolute atomic E-state index is 0.236. The van der Waals surface area contributed by atoms with E-state index in [1.165, 1.54) is 4.31 Å². The molecule has 0 aromatic heterocycles. The molecule has 27 heavy (non-hydrogen) atoms. The Bertz CT molecular complexity index is 1140. The highest BCUT2D eigenvalue weighted by atomic mass is 32.2. The molecule has 1 aliphatic rings. The van der Waals surface area contributed by atoms with Crippen molar-refractivity contribution in [1.29, 1.82) is 0 Å². The molecule has 3 aromatic carbocycles. The fourth-order valence-electron chi connectivity index (χ4n) is 3.37. The van der Waals surface area contributed by atoms with E-state index < -0.39 is 22.0 Å². The molecule has 0 unspecified atom stereocenters. The van der Waals surface area contributed by atoms with E-state index in [1.54, 1.807) is 62.6 Å². The van der Waals surface area contributed by atoms with Gasteiger partial charge in [0, 0.05) is 11.1 Å². The predicted octanol–water partition coefficient (Wildman–Crippen LogP) is 3.38. The number of amides is 1. The molecule has 0 saturated carbocycles. The average Bonchev–Trinajstić information content (AvgIpc) is 2.90. The maximum absolute atomic E-state index is 13.1. The van der Waals surface area contributed by atoms with Crippen molar-refractivity contribution in [3.05, 3.63) is 60.7 Å².